The van der Waals surface area contributed by atoms with E-state index in [-0.39, 0.29) is 30.6 Å². The zero-order valence-electron chi connectivity index (χ0n) is 15.0. The summed E-state index contributed by atoms with van der Waals surface area (Å²) in [7, 11) is 0. The molecule has 1 saturated heterocycles. The number of benzene rings is 2. The van der Waals surface area contributed by atoms with Crippen LogP contribution in [-0.2, 0) is 9.59 Å². The molecule has 1 fully saturated rings. The molecule has 1 N–H and O–H groups in total. The van der Waals surface area contributed by atoms with E-state index >= 15 is 0 Å². The van der Waals surface area contributed by atoms with Crippen molar-refractivity contribution < 1.29 is 14.4 Å². The third-order valence-electron chi connectivity index (χ3n) is 4.77. The van der Waals surface area contributed by atoms with E-state index in [1.807, 2.05) is 24.3 Å². The van der Waals surface area contributed by atoms with Gasteiger partial charge in [-0.25, -0.2) is 0 Å². The lowest BCUT2D eigenvalue weighted by Gasteiger charge is -2.17. The van der Waals surface area contributed by atoms with Crippen molar-refractivity contribution in [3.8, 4) is 0 Å². The molecule has 0 spiro atoms. The van der Waals surface area contributed by atoms with Gasteiger partial charge in [-0.1, -0.05) is 38.1 Å². The van der Waals surface area contributed by atoms with Gasteiger partial charge in [0.2, 0.25) is 11.8 Å². The maximum atomic E-state index is 12.7. The highest BCUT2D eigenvalue weighted by Crippen LogP contribution is 2.28. The molecular weight excluding hydrogens is 328 g/mol. The molecule has 1 aliphatic heterocycles. The summed E-state index contributed by atoms with van der Waals surface area (Å²) in [5.74, 6) is -0.385. The summed E-state index contributed by atoms with van der Waals surface area (Å²) >= 11 is 0. The van der Waals surface area contributed by atoms with Gasteiger partial charge in [0.25, 0.3) is 5.91 Å². The minimum Gasteiger partial charge on any atom is -0.322 e. The first-order chi connectivity index (χ1) is 12.5. The summed E-state index contributed by atoms with van der Waals surface area (Å²) in [4.78, 5) is 37.7. The summed E-state index contributed by atoms with van der Waals surface area (Å²) in [6.07, 6.45) is 1.41. The first-order valence-electron chi connectivity index (χ1n) is 8.87. The molecule has 3 rings (SSSR count). The fourth-order valence-electron chi connectivity index (χ4n) is 3.11. The number of carbonyl (C=O) groups excluding carboxylic acids is 3. The number of nitrogens with one attached hydrogen (secondary N) is 1. The predicted octanol–water partition coefficient (Wildman–Crippen LogP) is 4.11. The largest absolute Gasteiger partial charge is 0.322 e. The van der Waals surface area contributed by atoms with Crippen molar-refractivity contribution in [2.75, 3.05) is 10.2 Å². The maximum absolute atomic E-state index is 12.7. The Balaban J connectivity index is 1.85. The van der Waals surface area contributed by atoms with Gasteiger partial charge in [-0.15, -0.1) is 0 Å². The highest BCUT2D eigenvalue weighted by Gasteiger charge is 2.30. The smallest absolute Gasteiger partial charge is 0.255 e. The zero-order valence-corrected chi connectivity index (χ0v) is 15.0. The van der Waals surface area contributed by atoms with Crippen molar-refractivity contribution in [2.45, 2.75) is 39.0 Å². The molecule has 0 saturated carbocycles. The van der Waals surface area contributed by atoms with Crippen molar-refractivity contribution in [3.05, 3.63) is 59.7 Å². The second-order valence-corrected chi connectivity index (χ2v) is 6.52. The standard InChI is InChI=1S/C21H22N2O3/c1-3-14(2)17-9-4-5-10-18(17)22-21(26)15-7-6-8-16(13-15)23-19(24)11-12-20(23)25/h4-10,13-14H,3,11-12H2,1-2H3,(H,22,26)/t14-/m0/s1. The highest BCUT2D eigenvalue weighted by molar-refractivity contribution is 6.20. The molecule has 2 aromatic rings. The lowest BCUT2D eigenvalue weighted by atomic mass is 9.97. The first-order valence-corrected chi connectivity index (χ1v) is 8.87. The van der Waals surface area contributed by atoms with Crippen LogP contribution in [-0.4, -0.2) is 17.7 Å². The Hall–Kier alpha value is -2.95. The number of carbonyl (C=O) groups is 3. The van der Waals surface area contributed by atoms with Gasteiger partial charge >= 0.3 is 0 Å². The third-order valence-corrected chi connectivity index (χ3v) is 4.77. The number of hydrogen-bond acceptors (Lipinski definition) is 3. The van der Waals surface area contributed by atoms with Crippen molar-refractivity contribution in [1.82, 2.24) is 0 Å². The van der Waals surface area contributed by atoms with Gasteiger partial charge in [0, 0.05) is 24.1 Å². The number of para-hydroxylation sites is 1. The average molecular weight is 350 g/mol. The first kappa shape index (κ1) is 17.9. The summed E-state index contributed by atoms with van der Waals surface area (Å²) in [6.45, 7) is 4.23. The van der Waals surface area contributed by atoms with Gasteiger partial charge < -0.3 is 5.32 Å². The van der Waals surface area contributed by atoms with Crippen LogP contribution in [0.25, 0.3) is 0 Å². The Morgan fingerprint density at radius 1 is 1.08 bits per heavy atom. The molecule has 1 atom stereocenters. The van der Waals surface area contributed by atoms with Crippen LogP contribution < -0.4 is 10.2 Å². The molecule has 0 bridgehead atoms. The van der Waals surface area contributed by atoms with Crippen LogP contribution in [0.4, 0.5) is 11.4 Å². The van der Waals surface area contributed by atoms with Gasteiger partial charge in [-0.05, 0) is 42.2 Å². The molecule has 0 unspecified atom stereocenters. The molecule has 5 heteroatoms. The Morgan fingerprint density at radius 3 is 2.46 bits per heavy atom. The predicted molar refractivity (Wildman–Crippen MR) is 101 cm³/mol. The number of nitrogens with zero attached hydrogens (tertiary/aromatic N) is 1. The Labute approximate surface area is 153 Å². The van der Waals surface area contributed by atoms with E-state index in [2.05, 4.69) is 19.2 Å². The van der Waals surface area contributed by atoms with Crippen LogP contribution in [0.2, 0.25) is 0 Å². The molecule has 1 heterocycles. The number of hydrogen-bond donors (Lipinski definition) is 1. The highest BCUT2D eigenvalue weighted by atomic mass is 16.2. The van der Waals surface area contributed by atoms with Gasteiger partial charge in [-0.3, -0.25) is 19.3 Å². The van der Waals surface area contributed by atoms with Crippen LogP contribution in [0.15, 0.2) is 48.5 Å². The van der Waals surface area contributed by atoms with Crippen molar-refractivity contribution >= 4 is 29.1 Å². The summed E-state index contributed by atoms with van der Waals surface area (Å²) in [5, 5.41) is 2.95. The second-order valence-electron chi connectivity index (χ2n) is 6.52. The van der Waals surface area contributed by atoms with E-state index in [9.17, 15) is 14.4 Å². The quantitative estimate of drug-likeness (QED) is 0.826. The normalized spacial score (nSPS) is 15.2. The van der Waals surface area contributed by atoms with Gasteiger partial charge in [0.1, 0.15) is 0 Å². The molecule has 26 heavy (non-hydrogen) atoms. The SMILES string of the molecule is CC[C@H](C)c1ccccc1NC(=O)c1cccc(N2C(=O)CCC2=O)c1. The van der Waals surface area contributed by atoms with E-state index in [1.165, 1.54) is 0 Å². The molecule has 0 aromatic heterocycles. The average Bonchev–Trinajstić information content (AvgIpc) is 3.00. The lowest BCUT2D eigenvalue weighted by molar-refractivity contribution is -0.121. The monoisotopic (exact) mass is 350 g/mol. The van der Waals surface area contributed by atoms with Crippen LogP contribution in [0, 0.1) is 0 Å². The lowest BCUT2D eigenvalue weighted by Crippen LogP contribution is -2.28. The molecule has 134 valence electrons. The minimum absolute atomic E-state index is 0.220. The van der Waals surface area contributed by atoms with Gasteiger partial charge in [-0.2, -0.15) is 0 Å². The van der Waals surface area contributed by atoms with Gasteiger partial charge in [0.05, 0.1) is 5.69 Å². The number of imide groups is 1. The Kier molecular flexibility index (Phi) is 5.16. The zero-order chi connectivity index (χ0) is 18.7. The minimum atomic E-state index is -0.262. The Bertz CT molecular complexity index is 844. The third kappa shape index (κ3) is 3.52. The van der Waals surface area contributed by atoms with Crippen molar-refractivity contribution in [1.29, 1.82) is 0 Å². The fraction of sp³-hybridized carbons (Fsp3) is 0.286. The molecule has 1 aliphatic rings. The Morgan fingerprint density at radius 2 is 1.77 bits per heavy atom. The fourth-order valence-corrected chi connectivity index (χ4v) is 3.11. The number of anilines is 2. The second kappa shape index (κ2) is 7.52. The van der Waals surface area contributed by atoms with Crippen LogP contribution in [0.1, 0.15) is 54.9 Å². The van der Waals surface area contributed by atoms with Crippen LogP contribution in [0.5, 0.6) is 0 Å². The molecule has 2 aromatic carbocycles. The van der Waals surface area contributed by atoms with Crippen LogP contribution in [0.3, 0.4) is 0 Å². The van der Waals surface area contributed by atoms with Gasteiger partial charge in [0.15, 0.2) is 0 Å². The summed E-state index contributed by atoms with van der Waals surface area (Å²) < 4.78 is 0. The topological polar surface area (TPSA) is 66.5 Å². The molecule has 0 radical (unpaired) electrons. The summed E-state index contributed by atoms with van der Waals surface area (Å²) in [6, 6.07) is 14.4. The number of rotatable bonds is 5. The molecule has 3 amide bonds. The molecule has 5 nitrogen and oxygen atoms in total. The van der Waals surface area contributed by atoms with Crippen molar-refractivity contribution in [3.63, 3.8) is 0 Å². The van der Waals surface area contributed by atoms with E-state index in [1.54, 1.807) is 24.3 Å². The molecule has 0 aliphatic carbocycles. The van der Waals surface area contributed by atoms with E-state index < -0.39 is 0 Å². The van der Waals surface area contributed by atoms with E-state index in [0.29, 0.717) is 17.2 Å². The maximum Gasteiger partial charge on any atom is 0.255 e. The molecular formula is C21H22N2O3. The van der Waals surface area contributed by atoms with Crippen LogP contribution >= 0.6 is 0 Å². The van der Waals surface area contributed by atoms with E-state index in [4.69, 9.17) is 0 Å². The summed E-state index contributed by atoms with van der Waals surface area (Å²) in [5.41, 5.74) is 2.73. The van der Waals surface area contributed by atoms with Crippen molar-refractivity contribution in [2.24, 2.45) is 0 Å². The van der Waals surface area contributed by atoms with E-state index in [0.717, 1.165) is 22.6 Å². The number of amides is 3.